The summed E-state index contributed by atoms with van der Waals surface area (Å²) in [5.74, 6) is 5.56. The third-order valence-corrected chi connectivity index (χ3v) is 4.83. The Kier molecular flexibility index (Phi) is 5.46. The van der Waals surface area contributed by atoms with E-state index in [2.05, 4.69) is 16.6 Å². The Morgan fingerprint density at radius 1 is 1.35 bits per heavy atom. The summed E-state index contributed by atoms with van der Waals surface area (Å²) in [6, 6.07) is 4.76. The van der Waals surface area contributed by atoms with Crippen molar-refractivity contribution in [2.24, 2.45) is 0 Å². The fourth-order valence-corrected chi connectivity index (χ4v) is 2.17. The third kappa shape index (κ3) is 4.41. The van der Waals surface area contributed by atoms with E-state index in [1.54, 1.807) is 39.0 Å². The first-order valence-corrected chi connectivity index (χ1v) is 7.95. The fourth-order valence-electron chi connectivity index (χ4n) is 1.22. The molecule has 6 heteroatoms. The molecule has 0 aromatic heterocycles. The maximum absolute atomic E-state index is 12.2. The second kappa shape index (κ2) is 6.49. The highest BCUT2D eigenvalue weighted by molar-refractivity contribution is 7.94. The summed E-state index contributed by atoms with van der Waals surface area (Å²) in [5, 5.41) is 9.19. The van der Waals surface area contributed by atoms with Crippen LogP contribution < -0.4 is 4.72 Å². The Morgan fingerprint density at radius 3 is 2.55 bits per heavy atom. The van der Waals surface area contributed by atoms with Gasteiger partial charge in [0.25, 0.3) is 0 Å². The monoisotopic (exact) mass is 315 g/mol. The van der Waals surface area contributed by atoms with E-state index in [0.29, 0.717) is 22.7 Å². The summed E-state index contributed by atoms with van der Waals surface area (Å²) in [4.78, 5) is 0. The van der Waals surface area contributed by atoms with Gasteiger partial charge in [-0.3, -0.25) is 4.72 Å². The van der Waals surface area contributed by atoms with Gasteiger partial charge in [0.1, 0.15) is 0 Å². The lowest BCUT2D eigenvalue weighted by Crippen LogP contribution is -2.33. The maximum atomic E-state index is 12.2. The van der Waals surface area contributed by atoms with E-state index in [9.17, 15) is 8.42 Å². The van der Waals surface area contributed by atoms with Crippen molar-refractivity contribution in [2.75, 3.05) is 11.3 Å². The van der Waals surface area contributed by atoms with Crippen molar-refractivity contribution in [3.8, 4) is 11.8 Å². The molecule has 0 saturated carbocycles. The standard InChI is InChI=1S/C14H18ClNO3S/c1-14(2,3)20(18,19)16-13-8-7-12(15)10-11(13)6-4-5-9-17/h7-8,10,16-17H,5,9H2,1-3H3. The molecule has 0 saturated heterocycles. The number of hydrogen-bond donors (Lipinski definition) is 2. The van der Waals surface area contributed by atoms with Crippen LogP contribution in [0.4, 0.5) is 5.69 Å². The minimum absolute atomic E-state index is 0.0450. The van der Waals surface area contributed by atoms with E-state index >= 15 is 0 Å². The molecule has 0 aliphatic rings. The van der Waals surface area contributed by atoms with E-state index in [-0.39, 0.29) is 6.61 Å². The minimum atomic E-state index is -3.53. The predicted octanol–water partition coefficient (Wildman–Crippen LogP) is 2.61. The molecule has 1 aromatic rings. The van der Waals surface area contributed by atoms with Gasteiger partial charge in [-0.25, -0.2) is 8.42 Å². The van der Waals surface area contributed by atoms with E-state index in [1.165, 1.54) is 0 Å². The molecule has 0 spiro atoms. The molecule has 0 aliphatic carbocycles. The Bertz CT molecular complexity index is 637. The number of nitrogens with one attached hydrogen (secondary N) is 1. The average molecular weight is 316 g/mol. The van der Waals surface area contributed by atoms with Gasteiger partial charge < -0.3 is 5.11 Å². The van der Waals surface area contributed by atoms with Gasteiger partial charge in [-0.1, -0.05) is 23.4 Å². The van der Waals surface area contributed by atoms with Gasteiger partial charge in [0.05, 0.1) is 22.6 Å². The van der Waals surface area contributed by atoms with Crippen molar-refractivity contribution in [3.63, 3.8) is 0 Å². The summed E-state index contributed by atoms with van der Waals surface area (Å²) in [5.41, 5.74) is 0.869. The largest absolute Gasteiger partial charge is 0.395 e. The lowest BCUT2D eigenvalue weighted by molar-refractivity contribution is 0.305. The van der Waals surface area contributed by atoms with Crippen LogP contribution in [0, 0.1) is 11.8 Å². The predicted molar refractivity (Wildman–Crippen MR) is 82.3 cm³/mol. The van der Waals surface area contributed by atoms with Gasteiger partial charge in [-0.2, -0.15) is 0 Å². The SMILES string of the molecule is CC(C)(C)S(=O)(=O)Nc1ccc(Cl)cc1C#CCCO. The molecule has 0 heterocycles. The molecule has 110 valence electrons. The molecule has 4 nitrogen and oxygen atoms in total. The second-order valence-corrected chi connectivity index (χ2v) is 8.06. The molecule has 1 aromatic carbocycles. The lowest BCUT2D eigenvalue weighted by Gasteiger charge is -2.21. The van der Waals surface area contributed by atoms with Crippen molar-refractivity contribution in [1.29, 1.82) is 0 Å². The van der Waals surface area contributed by atoms with Crippen LogP contribution in [0.3, 0.4) is 0 Å². The van der Waals surface area contributed by atoms with E-state index in [1.807, 2.05) is 0 Å². The van der Waals surface area contributed by atoms with Crippen LogP contribution in [0.25, 0.3) is 0 Å². The van der Waals surface area contributed by atoms with Gasteiger partial charge in [0, 0.05) is 11.4 Å². The topological polar surface area (TPSA) is 66.4 Å². The average Bonchev–Trinajstić information content (AvgIpc) is 2.31. The number of halogens is 1. The quantitative estimate of drug-likeness (QED) is 0.843. The number of aliphatic hydroxyl groups is 1. The fraction of sp³-hybridized carbons (Fsp3) is 0.429. The van der Waals surface area contributed by atoms with Crippen molar-refractivity contribution in [2.45, 2.75) is 31.9 Å². The van der Waals surface area contributed by atoms with Crippen molar-refractivity contribution in [1.82, 2.24) is 0 Å². The molecule has 20 heavy (non-hydrogen) atoms. The highest BCUT2D eigenvalue weighted by Gasteiger charge is 2.29. The molecule has 0 aliphatic heterocycles. The summed E-state index contributed by atoms with van der Waals surface area (Å²) in [6.45, 7) is 4.80. The first-order valence-electron chi connectivity index (χ1n) is 6.09. The zero-order valence-electron chi connectivity index (χ0n) is 11.7. The first kappa shape index (κ1) is 16.8. The Hall–Kier alpha value is -1.22. The van der Waals surface area contributed by atoms with Crippen LogP contribution in [0.5, 0.6) is 0 Å². The molecule has 0 fully saturated rings. The molecule has 0 bridgehead atoms. The van der Waals surface area contributed by atoms with Crippen molar-refractivity contribution in [3.05, 3.63) is 28.8 Å². The van der Waals surface area contributed by atoms with Crippen molar-refractivity contribution >= 4 is 27.3 Å². The number of benzene rings is 1. The lowest BCUT2D eigenvalue weighted by atomic mass is 10.2. The first-order chi connectivity index (χ1) is 9.17. The molecular formula is C14H18ClNO3S. The highest BCUT2D eigenvalue weighted by atomic mass is 35.5. The summed E-state index contributed by atoms with van der Waals surface area (Å²) < 4.78 is 25.9. The van der Waals surface area contributed by atoms with Gasteiger partial charge in [0.2, 0.25) is 10.0 Å². The summed E-state index contributed by atoms with van der Waals surface area (Å²) in [7, 11) is -3.53. The van der Waals surface area contributed by atoms with Crippen molar-refractivity contribution < 1.29 is 13.5 Å². The van der Waals surface area contributed by atoms with Crippen LogP contribution in [0.2, 0.25) is 5.02 Å². The number of sulfonamides is 1. The van der Waals surface area contributed by atoms with E-state index < -0.39 is 14.8 Å². The number of aliphatic hydroxyl groups excluding tert-OH is 1. The van der Waals surface area contributed by atoms with E-state index in [4.69, 9.17) is 16.7 Å². The normalized spacial score (nSPS) is 11.7. The maximum Gasteiger partial charge on any atom is 0.237 e. The molecule has 0 atom stereocenters. The molecule has 2 N–H and O–H groups in total. The Balaban J connectivity index is 3.17. The molecule has 0 amide bonds. The van der Waals surface area contributed by atoms with Gasteiger partial charge in [-0.15, -0.1) is 0 Å². The van der Waals surface area contributed by atoms with Crippen LogP contribution in [-0.4, -0.2) is 24.9 Å². The summed E-state index contributed by atoms with van der Waals surface area (Å²) >= 11 is 5.90. The van der Waals surface area contributed by atoms with Gasteiger partial charge >= 0.3 is 0 Å². The molecule has 0 unspecified atom stereocenters. The number of hydrogen-bond acceptors (Lipinski definition) is 3. The van der Waals surface area contributed by atoms with E-state index in [0.717, 1.165) is 0 Å². The number of anilines is 1. The Morgan fingerprint density at radius 2 is 2.00 bits per heavy atom. The third-order valence-electron chi connectivity index (χ3n) is 2.49. The highest BCUT2D eigenvalue weighted by Crippen LogP contribution is 2.24. The smallest absolute Gasteiger partial charge is 0.237 e. The Labute approximate surface area is 125 Å². The zero-order valence-corrected chi connectivity index (χ0v) is 13.3. The van der Waals surface area contributed by atoms with Crippen LogP contribution in [0.15, 0.2) is 18.2 Å². The minimum Gasteiger partial charge on any atom is -0.395 e. The zero-order chi connectivity index (χ0) is 15.4. The van der Waals surface area contributed by atoms with Crippen LogP contribution in [0.1, 0.15) is 32.8 Å². The number of rotatable bonds is 3. The van der Waals surface area contributed by atoms with Crippen LogP contribution >= 0.6 is 11.6 Å². The summed E-state index contributed by atoms with van der Waals surface area (Å²) in [6.07, 6.45) is 0.317. The van der Waals surface area contributed by atoms with Gasteiger partial charge in [0.15, 0.2) is 0 Å². The molecule has 0 radical (unpaired) electrons. The van der Waals surface area contributed by atoms with Crippen LogP contribution in [-0.2, 0) is 10.0 Å². The molecule has 1 rings (SSSR count). The molecular weight excluding hydrogens is 298 g/mol. The second-order valence-electron chi connectivity index (χ2n) is 5.18. The van der Waals surface area contributed by atoms with Gasteiger partial charge in [-0.05, 0) is 39.0 Å².